The molecule has 3 heteroatoms. The van der Waals surface area contributed by atoms with Crippen LogP contribution in [0.5, 0.6) is 0 Å². The third-order valence-corrected chi connectivity index (χ3v) is 3.42. The summed E-state index contributed by atoms with van der Waals surface area (Å²) in [5.41, 5.74) is 4.06. The van der Waals surface area contributed by atoms with E-state index in [0.29, 0.717) is 19.3 Å². The maximum atomic E-state index is 5.60. The maximum Gasteiger partial charge on any atom is 0.0700 e. The van der Waals surface area contributed by atoms with E-state index >= 15 is 0 Å². The highest BCUT2D eigenvalue weighted by Gasteiger charge is 2.12. The van der Waals surface area contributed by atoms with E-state index in [1.54, 1.807) is 7.11 Å². The number of hydrogen-bond acceptors (Lipinski definition) is 3. The van der Waals surface area contributed by atoms with Gasteiger partial charge >= 0.3 is 0 Å². The van der Waals surface area contributed by atoms with Crippen molar-refractivity contribution in [2.75, 3.05) is 33.5 Å². The number of rotatable bonds is 10. The van der Waals surface area contributed by atoms with Crippen LogP contribution < -0.4 is 5.32 Å². The summed E-state index contributed by atoms with van der Waals surface area (Å²) in [6.07, 6.45) is 2.14. The second kappa shape index (κ2) is 9.92. The number of aryl methyl sites for hydroxylation is 2. The number of nitrogens with one attached hydrogen (secondary N) is 1. The van der Waals surface area contributed by atoms with Crippen molar-refractivity contribution in [2.45, 2.75) is 39.7 Å². The van der Waals surface area contributed by atoms with Crippen molar-refractivity contribution in [1.82, 2.24) is 5.32 Å². The summed E-state index contributed by atoms with van der Waals surface area (Å²) < 4.78 is 10.6. The molecule has 0 aliphatic rings. The molecule has 0 fully saturated rings. The first kappa shape index (κ1) is 17.2. The fourth-order valence-electron chi connectivity index (χ4n) is 2.35. The van der Waals surface area contributed by atoms with Gasteiger partial charge in [-0.1, -0.05) is 30.7 Å². The standard InChI is InChI=1S/C17H29NO2/c1-5-9-18-17(8-10-20-12-11-19-4)16-7-6-14(2)13-15(16)3/h6-7,13,17-18H,5,8-12H2,1-4H3. The molecule has 0 amide bonds. The molecule has 1 rings (SSSR count). The van der Waals surface area contributed by atoms with Gasteiger partial charge in [0.05, 0.1) is 13.2 Å². The van der Waals surface area contributed by atoms with Gasteiger partial charge in [-0.15, -0.1) is 0 Å². The largest absolute Gasteiger partial charge is 0.382 e. The first-order valence-electron chi connectivity index (χ1n) is 7.56. The van der Waals surface area contributed by atoms with Crippen molar-refractivity contribution in [3.8, 4) is 0 Å². The van der Waals surface area contributed by atoms with Crippen LogP contribution >= 0.6 is 0 Å². The lowest BCUT2D eigenvalue weighted by molar-refractivity contribution is 0.0657. The molecule has 0 heterocycles. The highest BCUT2D eigenvalue weighted by Crippen LogP contribution is 2.22. The summed E-state index contributed by atoms with van der Waals surface area (Å²) in [6.45, 7) is 9.66. The molecule has 1 aromatic rings. The van der Waals surface area contributed by atoms with Gasteiger partial charge in [0.2, 0.25) is 0 Å². The van der Waals surface area contributed by atoms with Gasteiger partial charge in [0.1, 0.15) is 0 Å². The number of ether oxygens (including phenoxy) is 2. The Balaban J connectivity index is 2.58. The maximum absolute atomic E-state index is 5.60. The van der Waals surface area contributed by atoms with E-state index < -0.39 is 0 Å². The van der Waals surface area contributed by atoms with Gasteiger partial charge in [-0.3, -0.25) is 0 Å². The summed E-state index contributed by atoms with van der Waals surface area (Å²) in [4.78, 5) is 0. The Labute approximate surface area is 123 Å². The van der Waals surface area contributed by atoms with Crippen LogP contribution in [0, 0.1) is 13.8 Å². The molecule has 0 spiro atoms. The summed E-state index contributed by atoms with van der Waals surface area (Å²) in [5, 5.41) is 3.63. The third kappa shape index (κ3) is 6.04. The highest BCUT2D eigenvalue weighted by molar-refractivity contribution is 5.32. The van der Waals surface area contributed by atoms with Crippen molar-refractivity contribution < 1.29 is 9.47 Å². The van der Waals surface area contributed by atoms with Gasteiger partial charge in [0, 0.05) is 19.8 Å². The zero-order valence-electron chi connectivity index (χ0n) is 13.4. The van der Waals surface area contributed by atoms with E-state index in [1.165, 1.54) is 16.7 Å². The Kier molecular flexibility index (Phi) is 8.51. The van der Waals surface area contributed by atoms with Gasteiger partial charge in [-0.05, 0) is 44.4 Å². The molecule has 0 aliphatic heterocycles. The lowest BCUT2D eigenvalue weighted by atomic mass is 9.97. The molecular weight excluding hydrogens is 250 g/mol. The predicted molar refractivity (Wildman–Crippen MR) is 84.3 cm³/mol. The first-order chi connectivity index (χ1) is 9.69. The zero-order chi connectivity index (χ0) is 14.8. The van der Waals surface area contributed by atoms with Crippen LogP contribution in [-0.4, -0.2) is 33.5 Å². The van der Waals surface area contributed by atoms with Crippen molar-refractivity contribution in [2.24, 2.45) is 0 Å². The second-order valence-electron chi connectivity index (χ2n) is 5.26. The molecule has 0 aromatic heterocycles. The average molecular weight is 279 g/mol. The Morgan fingerprint density at radius 3 is 2.60 bits per heavy atom. The van der Waals surface area contributed by atoms with Crippen LogP contribution in [0.4, 0.5) is 0 Å². The molecule has 0 saturated heterocycles. The number of benzene rings is 1. The van der Waals surface area contributed by atoms with Crippen LogP contribution in [0.2, 0.25) is 0 Å². The van der Waals surface area contributed by atoms with Crippen molar-refractivity contribution in [3.05, 3.63) is 34.9 Å². The van der Waals surface area contributed by atoms with Crippen LogP contribution in [0.3, 0.4) is 0 Å². The van der Waals surface area contributed by atoms with E-state index in [4.69, 9.17) is 9.47 Å². The molecule has 0 bridgehead atoms. The van der Waals surface area contributed by atoms with Crippen LogP contribution in [0.15, 0.2) is 18.2 Å². The molecule has 20 heavy (non-hydrogen) atoms. The molecule has 0 radical (unpaired) electrons. The minimum atomic E-state index is 0.373. The lowest BCUT2D eigenvalue weighted by Gasteiger charge is -2.21. The molecule has 1 unspecified atom stereocenters. The molecule has 1 N–H and O–H groups in total. The van der Waals surface area contributed by atoms with E-state index in [2.05, 4.69) is 44.3 Å². The molecular formula is C17H29NO2. The van der Waals surface area contributed by atoms with Crippen LogP contribution in [0.25, 0.3) is 0 Å². The Morgan fingerprint density at radius 2 is 1.95 bits per heavy atom. The van der Waals surface area contributed by atoms with E-state index in [1.807, 2.05) is 0 Å². The van der Waals surface area contributed by atoms with Crippen LogP contribution in [0.1, 0.15) is 42.5 Å². The van der Waals surface area contributed by atoms with Gasteiger partial charge < -0.3 is 14.8 Å². The molecule has 114 valence electrons. The smallest absolute Gasteiger partial charge is 0.0700 e. The zero-order valence-corrected chi connectivity index (χ0v) is 13.4. The fraction of sp³-hybridized carbons (Fsp3) is 0.647. The molecule has 1 atom stereocenters. The quantitative estimate of drug-likeness (QED) is 0.666. The monoisotopic (exact) mass is 279 g/mol. The second-order valence-corrected chi connectivity index (χ2v) is 5.26. The van der Waals surface area contributed by atoms with Crippen molar-refractivity contribution >= 4 is 0 Å². The van der Waals surface area contributed by atoms with Gasteiger partial charge in [-0.2, -0.15) is 0 Å². The molecule has 0 aliphatic carbocycles. The summed E-state index contributed by atoms with van der Waals surface area (Å²) >= 11 is 0. The summed E-state index contributed by atoms with van der Waals surface area (Å²) in [6, 6.07) is 7.06. The Bertz CT molecular complexity index is 379. The summed E-state index contributed by atoms with van der Waals surface area (Å²) in [7, 11) is 1.70. The minimum Gasteiger partial charge on any atom is -0.382 e. The average Bonchev–Trinajstić information content (AvgIpc) is 2.43. The van der Waals surface area contributed by atoms with E-state index in [0.717, 1.165) is 26.0 Å². The molecule has 1 aromatic carbocycles. The fourth-order valence-corrected chi connectivity index (χ4v) is 2.35. The van der Waals surface area contributed by atoms with E-state index in [9.17, 15) is 0 Å². The van der Waals surface area contributed by atoms with Crippen molar-refractivity contribution in [3.63, 3.8) is 0 Å². The normalized spacial score (nSPS) is 12.6. The third-order valence-electron chi connectivity index (χ3n) is 3.42. The number of methoxy groups -OCH3 is 1. The van der Waals surface area contributed by atoms with E-state index in [-0.39, 0.29) is 0 Å². The van der Waals surface area contributed by atoms with Crippen molar-refractivity contribution in [1.29, 1.82) is 0 Å². The summed E-state index contributed by atoms with van der Waals surface area (Å²) in [5.74, 6) is 0. The highest BCUT2D eigenvalue weighted by atomic mass is 16.5. The Morgan fingerprint density at radius 1 is 1.15 bits per heavy atom. The molecule has 0 saturated carbocycles. The van der Waals surface area contributed by atoms with Gasteiger partial charge in [0.15, 0.2) is 0 Å². The number of hydrogen-bond donors (Lipinski definition) is 1. The predicted octanol–water partition coefficient (Wildman–Crippen LogP) is 3.40. The topological polar surface area (TPSA) is 30.5 Å². The minimum absolute atomic E-state index is 0.373. The first-order valence-corrected chi connectivity index (χ1v) is 7.56. The lowest BCUT2D eigenvalue weighted by Crippen LogP contribution is -2.24. The SMILES string of the molecule is CCCNC(CCOCCOC)c1ccc(C)cc1C. The Hall–Kier alpha value is -0.900. The van der Waals surface area contributed by atoms with Gasteiger partial charge in [-0.25, -0.2) is 0 Å². The molecule has 3 nitrogen and oxygen atoms in total. The van der Waals surface area contributed by atoms with Crippen LogP contribution in [-0.2, 0) is 9.47 Å². The van der Waals surface area contributed by atoms with Gasteiger partial charge in [0.25, 0.3) is 0 Å².